The van der Waals surface area contributed by atoms with Gasteiger partial charge in [-0.25, -0.2) is 0 Å². The lowest BCUT2D eigenvalue weighted by atomic mass is 9.47. The lowest BCUT2D eigenvalue weighted by molar-refractivity contribution is -0.0970. The highest BCUT2D eigenvalue weighted by atomic mass is 16.3. The van der Waals surface area contributed by atoms with Gasteiger partial charge in [0.05, 0.1) is 25.9 Å². The van der Waals surface area contributed by atoms with Crippen LogP contribution in [0.15, 0.2) is 23.3 Å². The monoisotopic (exact) mass is 338 g/mol. The van der Waals surface area contributed by atoms with Crippen LogP contribution < -0.4 is 0 Å². The second-order valence-corrected chi connectivity index (χ2v) is 8.58. The number of fused-ring (bicyclic) bond motifs is 1. The Bertz CT molecular complexity index is 494. The van der Waals surface area contributed by atoms with E-state index in [0.29, 0.717) is 12.3 Å². The highest BCUT2D eigenvalue weighted by Gasteiger charge is 2.54. The Morgan fingerprint density at radius 2 is 1.92 bits per heavy atom. The fourth-order valence-electron chi connectivity index (χ4n) is 5.57. The van der Waals surface area contributed by atoms with Crippen LogP contribution >= 0.6 is 0 Å². The van der Waals surface area contributed by atoms with Crippen LogP contribution in [0.25, 0.3) is 0 Å². The molecule has 4 nitrogen and oxygen atoms in total. The molecule has 0 aromatic rings. The Morgan fingerprint density at radius 1 is 1.21 bits per heavy atom. The molecule has 2 rings (SSSR count). The molecule has 0 amide bonds. The molecule has 2 aliphatic rings. The molecule has 2 aliphatic carbocycles. The summed E-state index contributed by atoms with van der Waals surface area (Å²) < 4.78 is 0. The molecule has 4 heteroatoms. The van der Waals surface area contributed by atoms with Crippen molar-refractivity contribution in [2.24, 2.45) is 22.7 Å². The van der Waals surface area contributed by atoms with Gasteiger partial charge >= 0.3 is 0 Å². The highest BCUT2D eigenvalue weighted by Crippen LogP contribution is 2.60. The molecule has 0 heterocycles. The van der Waals surface area contributed by atoms with Crippen LogP contribution in [0.2, 0.25) is 0 Å². The topological polar surface area (TPSA) is 80.9 Å². The van der Waals surface area contributed by atoms with E-state index < -0.39 is 0 Å². The summed E-state index contributed by atoms with van der Waals surface area (Å²) in [4.78, 5) is 0. The quantitative estimate of drug-likeness (QED) is 0.561. The van der Waals surface area contributed by atoms with Crippen molar-refractivity contribution in [2.45, 2.75) is 59.0 Å². The SMILES string of the molecule is CC1(C)CC(O)CC2(C)C(CCC(=CCO)CO)C(CO)=CCC12. The van der Waals surface area contributed by atoms with E-state index in [2.05, 4.69) is 26.8 Å². The van der Waals surface area contributed by atoms with Gasteiger partial charge in [0, 0.05) is 0 Å². The van der Waals surface area contributed by atoms with E-state index in [1.165, 1.54) is 0 Å². The second-order valence-electron chi connectivity index (χ2n) is 8.58. The average Bonchev–Trinajstić information content (AvgIpc) is 2.49. The molecule has 4 atom stereocenters. The molecule has 4 N–H and O–H groups in total. The van der Waals surface area contributed by atoms with Crippen molar-refractivity contribution in [3.8, 4) is 0 Å². The highest BCUT2D eigenvalue weighted by molar-refractivity contribution is 5.21. The molecule has 0 saturated heterocycles. The van der Waals surface area contributed by atoms with Crippen molar-refractivity contribution in [1.29, 1.82) is 0 Å². The lowest BCUT2D eigenvalue weighted by Gasteiger charge is -2.58. The minimum Gasteiger partial charge on any atom is -0.393 e. The number of aliphatic hydroxyl groups excluding tert-OH is 4. The van der Waals surface area contributed by atoms with E-state index >= 15 is 0 Å². The van der Waals surface area contributed by atoms with Crippen molar-refractivity contribution in [2.75, 3.05) is 19.8 Å². The van der Waals surface area contributed by atoms with E-state index in [1.807, 2.05) is 0 Å². The summed E-state index contributed by atoms with van der Waals surface area (Å²) in [5.41, 5.74) is 1.94. The first-order valence-corrected chi connectivity index (χ1v) is 9.16. The zero-order valence-corrected chi connectivity index (χ0v) is 15.3. The summed E-state index contributed by atoms with van der Waals surface area (Å²) in [5, 5.41) is 38.8. The minimum absolute atomic E-state index is 0.0420. The van der Waals surface area contributed by atoms with Gasteiger partial charge in [-0.05, 0) is 65.9 Å². The molecule has 0 bridgehead atoms. The van der Waals surface area contributed by atoms with E-state index in [-0.39, 0.29) is 42.7 Å². The van der Waals surface area contributed by atoms with Crippen LogP contribution in [-0.2, 0) is 0 Å². The largest absolute Gasteiger partial charge is 0.393 e. The summed E-state index contributed by atoms with van der Waals surface area (Å²) in [6.07, 6.45) is 7.66. The van der Waals surface area contributed by atoms with E-state index in [1.54, 1.807) is 6.08 Å². The first kappa shape index (κ1) is 19.6. The van der Waals surface area contributed by atoms with Crippen molar-refractivity contribution in [3.63, 3.8) is 0 Å². The van der Waals surface area contributed by atoms with Gasteiger partial charge in [-0.2, -0.15) is 0 Å². The Labute approximate surface area is 145 Å². The second kappa shape index (κ2) is 7.69. The van der Waals surface area contributed by atoms with Crippen LogP contribution in [0.3, 0.4) is 0 Å². The third kappa shape index (κ3) is 3.77. The average molecular weight is 338 g/mol. The first-order valence-electron chi connectivity index (χ1n) is 9.16. The zero-order valence-electron chi connectivity index (χ0n) is 15.3. The van der Waals surface area contributed by atoms with Crippen molar-refractivity contribution in [1.82, 2.24) is 0 Å². The lowest BCUT2D eigenvalue weighted by Crippen LogP contribution is -2.52. The van der Waals surface area contributed by atoms with Gasteiger partial charge in [0.15, 0.2) is 0 Å². The summed E-state index contributed by atoms with van der Waals surface area (Å²) in [6.45, 7) is 6.72. The maximum atomic E-state index is 10.5. The van der Waals surface area contributed by atoms with Crippen LogP contribution in [0.5, 0.6) is 0 Å². The molecule has 0 aliphatic heterocycles. The van der Waals surface area contributed by atoms with Crippen molar-refractivity contribution < 1.29 is 20.4 Å². The molecular weight excluding hydrogens is 304 g/mol. The maximum absolute atomic E-state index is 10.5. The van der Waals surface area contributed by atoms with Gasteiger partial charge in [0.2, 0.25) is 0 Å². The predicted molar refractivity (Wildman–Crippen MR) is 95.4 cm³/mol. The van der Waals surface area contributed by atoms with Crippen molar-refractivity contribution in [3.05, 3.63) is 23.3 Å². The summed E-state index contributed by atoms with van der Waals surface area (Å²) in [7, 11) is 0. The molecule has 4 unspecified atom stereocenters. The Morgan fingerprint density at radius 3 is 2.50 bits per heavy atom. The minimum atomic E-state index is -0.299. The predicted octanol–water partition coefficient (Wildman–Crippen LogP) is 2.42. The molecule has 138 valence electrons. The standard InChI is InChI=1S/C20H34O4/c1-19(2)10-16(24)11-20(3)17(6-4-14(12-22)8-9-21)15(13-23)5-7-18(19)20/h5,8,16-18,21-24H,4,6-7,9-13H2,1-3H3. The molecule has 24 heavy (non-hydrogen) atoms. The molecule has 0 spiro atoms. The Balaban J connectivity index is 2.29. The fraction of sp³-hybridized carbons (Fsp3) is 0.800. The van der Waals surface area contributed by atoms with E-state index in [9.17, 15) is 15.3 Å². The molecular formula is C20H34O4. The van der Waals surface area contributed by atoms with Gasteiger partial charge in [-0.3, -0.25) is 0 Å². The normalized spacial score (nSPS) is 36.2. The van der Waals surface area contributed by atoms with Gasteiger partial charge in [0.25, 0.3) is 0 Å². The fourth-order valence-corrected chi connectivity index (χ4v) is 5.57. The van der Waals surface area contributed by atoms with Crippen molar-refractivity contribution >= 4 is 0 Å². The van der Waals surface area contributed by atoms with Gasteiger partial charge in [-0.15, -0.1) is 0 Å². The number of allylic oxidation sites excluding steroid dienone is 1. The molecule has 0 aromatic carbocycles. The summed E-state index contributed by atoms with van der Waals surface area (Å²) >= 11 is 0. The van der Waals surface area contributed by atoms with Crippen LogP contribution in [-0.4, -0.2) is 46.4 Å². The number of hydrogen-bond donors (Lipinski definition) is 4. The zero-order chi connectivity index (χ0) is 18.0. The van der Waals surface area contributed by atoms with Crippen LogP contribution in [0, 0.1) is 22.7 Å². The molecule has 0 aromatic heterocycles. The molecule has 1 fully saturated rings. The maximum Gasteiger partial charge on any atom is 0.0644 e. The Hall–Kier alpha value is -0.680. The number of aliphatic hydroxyl groups is 4. The van der Waals surface area contributed by atoms with Gasteiger partial charge in [0.1, 0.15) is 0 Å². The smallest absolute Gasteiger partial charge is 0.0644 e. The third-order valence-corrected chi connectivity index (χ3v) is 6.56. The van der Waals surface area contributed by atoms with Gasteiger partial charge < -0.3 is 20.4 Å². The third-order valence-electron chi connectivity index (χ3n) is 6.56. The first-order chi connectivity index (χ1) is 11.3. The van der Waals surface area contributed by atoms with E-state index in [0.717, 1.165) is 36.8 Å². The summed E-state index contributed by atoms with van der Waals surface area (Å²) in [5.74, 6) is 0.678. The van der Waals surface area contributed by atoms with Crippen LogP contribution in [0.1, 0.15) is 52.9 Å². The van der Waals surface area contributed by atoms with E-state index in [4.69, 9.17) is 5.11 Å². The Kier molecular flexibility index (Phi) is 6.29. The molecule has 0 radical (unpaired) electrons. The van der Waals surface area contributed by atoms with Gasteiger partial charge in [-0.1, -0.05) is 32.9 Å². The number of rotatable bonds is 6. The number of hydrogen-bond acceptors (Lipinski definition) is 4. The summed E-state index contributed by atoms with van der Waals surface area (Å²) in [6, 6.07) is 0. The van der Waals surface area contributed by atoms with Crippen LogP contribution in [0.4, 0.5) is 0 Å². The molecule has 1 saturated carbocycles.